The van der Waals surface area contributed by atoms with Crippen molar-refractivity contribution >= 4 is 5.91 Å². The van der Waals surface area contributed by atoms with Gasteiger partial charge in [-0.3, -0.25) is 9.59 Å². The molecule has 0 aliphatic carbocycles. The van der Waals surface area contributed by atoms with Crippen molar-refractivity contribution in [3.05, 3.63) is 100.0 Å². The van der Waals surface area contributed by atoms with Crippen molar-refractivity contribution in [2.24, 2.45) is 0 Å². The number of rotatable bonds is 8. The molecule has 0 fully saturated rings. The number of unbranched alkanes of at least 4 members (excludes halogenated alkanes) is 1. The summed E-state index contributed by atoms with van der Waals surface area (Å²) in [5.41, 5.74) is 2.34. The van der Waals surface area contributed by atoms with E-state index in [1.807, 2.05) is 36.4 Å². The molecule has 0 atom stereocenters. The van der Waals surface area contributed by atoms with E-state index in [1.54, 1.807) is 0 Å². The van der Waals surface area contributed by atoms with Crippen LogP contribution in [0.1, 0.15) is 47.3 Å². The van der Waals surface area contributed by atoms with Crippen LogP contribution in [0.5, 0.6) is 0 Å². The summed E-state index contributed by atoms with van der Waals surface area (Å²) >= 11 is 0. The van der Waals surface area contributed by atoms with Crippen LogP contribution in [-0.2, 0) is 6.54 Å². The number of carbonyl (C=O) groups is 1. The van der Waals surface area contributed by atoms with Crippen LogP contribution >= 0.6 is 0 Å². The fraction of sp³-hybridized carbons (Fsp3) is 0.261. The van der Waals surface area contributed by atoms with Gasteiger partial charge in [0.2, 0.25) is 0 Å². The first-order chi connectivity index (χ1) is 13.7. The fourth-order valence-corrected chi connectivity index (χ4v) is 3.12. The Morgan fingerprint density at radius 3 is 2.14 bits per heavy atom. The maximum atomic E-state index is 12.7. The van der Waals surface area contributed by atoms with Gasteiger partial charge in [-0.2, -0.15) is 5.10 Å². The van der Waals surface area contributed by atoms with Gasteiger partial charge in [0.05, 0.1) is 0 Å². The minimum absolute atomic E-state index is 0.0392. The van der Waals surface area contributed by atoms with Crippen LogP contribution in [0.2, 0.25) is 0 Å². The van der Waals surface area contributed by atoms with Crippen molar-refractivity contribution in [2.45, 2.75) is 32.2 Å². The Hall–Kier alpha value is -3.21. The van der Waals surface area contributed by atoms with Gasteiger partial charge in [-0.25, -0.2) is 4.68 Å². The molecule has 5 heteroatoms. The Morgan fingerprint density at radius 1 is 0.964 bits per heavy atom. The number of nitrogens with one attached hydrogen (secondary N) is 1. The summed E-state index contributed by atoms with van der Waals surface area (Å²) in [4.78, 5) is 24.6. The Labute approximate surface area is 165 Å². The third-order valence-corrected chi connectivity index (χ3v) is 4.69. The molecule has 1 amide bonds. The predicted molar refractivity (Wildman–Crippen MR) is 110 cm³/mol. The van der Waals surface area contributed by atoms with Gasteiger partial charge in [0.25, 0.3) is 11.5 Å². The van der Waals surface area contributed by atoms with E-state index in [-0.39, 0.29) is 23.1 Å². The normalized spacial score (nSPS) is 10.8. The molecule has 1 heterocycles. The van der Waals surface area contributed by atoms with Crippen LogP contribution in [-0.4, -0.2) is 22.2 Å². The van der Waals surface area contributed by atoms with Crippen molar-refractivity contribution in [3.63, 3.8) is 0 Å². The number of amides is 1. The highest BCUT2D eigenvalue weighted by Gasteiger charge is 2.16. The van der Waals surface area contributed by atoms with Crippen molar-refractivity contribution in [2.75, 3.05) is 6.54 Å². The molecule has 0 saturated carbocycles. The van der Waals surface area contributed by atoms with Crippen LogP contribution in [0.4, 0.5) is 0 Å². The molecule has 2 aromatic carbocycles. The fourth-order valence-electron chi connectivity index (χ4n) is 3.12. The molecule has 3 aromatic rings. The Bertz CT molecular complexity index is 913. The van der Waals surface area contributed by atoms with Crippen molar-refractivity contribution in [3.8, 4) is 0 Å². The second-order valence-corrected chi connectivity index (χ2v) is 6.72. The molecule has 0 saturated heterocycles. The molecular weight excluding hydrogens is 350 g/mol. The SMILES string of the molecule is CCCCn1nc(C(=O)NCC(c2ccccc2)c2ccccc2)ccc1=O. The molecule has 3 rings (SSSR count). The Kier molecular flexibility index (Phi) is 6.73. The first-order valence-corrected chi connectivity index (χ1v) is 9.65. The second kappa shape index (κ2) is 9.65. The largest absolute Gasteiger partial charge is 0.350 e. The summed E-state index contributed by atoms with van der Waals surface area (Å²) in [5.74, 6) is -0.237. The highest BCUT2D eigenvalue weighted by Crippen LogP contribution is 2.23. The first-order valence-electron chi connectivity index (χ1n) is 9.65. The zero-order valence-electron chi connectivity index (χ0n) is 16.0. The van der Waals surface area contributed by atoms with E-state index >= 15 is 0 Å². The number of benzene rings is 2. The number of hydrogen-bond acceptors (Lipinski definition) is 3. The molecule has 0 radical (unpaired) electrons. The van der Waals surface area contributed by atoms with Crippen molar-refractivity contribution < 1.29 is 4.79 Å². The van der Waals surface area contributed by atoms with E-state index in [0.29, 0.717) is 13.1 Å². The quantitative estimate of drug-likeness (QED) is 0.654. The van der Waals surface area contributed by atoms with E-state index in [4.69, 9.17) is 0 Å². The molecule has 0 spiro atoms. The molecule has 0 unspecified atom stereocenters. The average Bonchev–Trinajstić information content (AvgIpc) is 2.74. The summed E-state index contributed by atoms with van der Waals surface area (Å²) < 4.78 is 1.37. The van der Waals surface area contributed by atoms with Crippen LogP contribution in [0.25, 0.3) is 0 Å². The summed E-state index contributed by atoms with van der Waals surface area (Å²) in [6.07, 6.45) is 1.81. The number of carbonyl (C=O) groups excluding carboxylic acids is 1. The summed E-state index contributed by atoms with van der Waals surface area (Å²) in [6.45, 7) is 3.02. The van der Waals surface area contributed by atoms with Gasteiger partial charge >= 0.3 is 0 Å². The Balaban J connectivity index is 1.76. The third kappa shape index (κ3) is 4.94. The highest BCUT2D eigenvalue weighted by atomic mass is 16.2. The molecule has 144 valence electrons. The van der Waals surface area contributed by atoms with Crippen molar-refractivity contribution in [1.82, 2.24) is 15.1 Å². The smallest absolute Gasteiger partial charge is 0.271 e. The van der Waals surface area contributed by atoms with Gasteiger partial charge in [0.1, 0.15) is 5.69 Å². The van der Waals surface area contributed by atoms with Gasteiger partial charge in [0.15, 0.2) is 0 Å². The molecule has 1 N–H and O–H groups in total. The molecule has 0 aliphatic rings. The van der Waals surface area contributed by atoms with Gasteiger partial charge in [0, 0.05) is 25.1 Å². The number of aryl methyl sites for hydroxylation is 1. The molecule has 0 aliphatic heterocycles. The van der Waals surface area contributed by atoms with Crippen LogP contribution in [0, 0.1) is 0 Å². The maximum absolute atomic E-state index is 12.7. The van der Waals surface area contributed by atoms with E-state index in [0.717, 1.165) is 24.0 Å². The number of nitrogens with zero attached hydrogens (tertiary/aromatic N) is 2. The molecule has 28 heavy (non-hydrogen) atoms. The lowest BCUT2D eigenvalue weighted by molar-refractivity contribution is 0.0945. The minimum atomic E-state index is -0.276. The zero-order valence-corrected chi connectivity index (χ0v) is 16.0. The molecule has 5 nitrogen and oxygen atoms in total. The monoisotopic (exact) mass is 375 g/mol. The van der Waals surface area contributed by atoms with Gasteiger partial charge < -0.3 is 5.32 Å². The lowest BCUT2D eigenvalue weighted by atomic mass is 9.91. The molecular formula is C23H25N3O2. The summed E-state index contributed by atoms with van der Waals surface area (Å²) in [5, 5.41) is 7.21. The van der Waals surface area contributed by atoms with Crippen LogP contribution in [0.3, 0.4) is 0 Å². The van der Waals surface area contributed by atoms with E-state index in [9.17, 15) is 9.59 Å². The van der Waals surface area contributed by atoms with Crippen LogP contribution < -0.4 is 10.9 Å². The minimum Gasteiger partial charge on any atom is -0.350 e. The summed E-state index contributed by atoms with van der Waals surface area (Å²) in [7, 11) is 0. The molecule has 0 bridgehead atoms. The second-order valence-electron chi connectivity index (χ2n) is 6.72. The van der Waals surface area contributed by atoms with E-state index in [1.165, 1.54) is 16.8 Å². The lowest BCUT2D eigenvalue weighted by Gasteiger charge is -2.19. The maximum Gasteiger partial charge on any atom is 0.271 e. The van der Waals surface area contributed by atoms with Gasteiger partial charge in [-0.1, -0.05) is 74.0 Å². The first kappa shape index (κ1) is 19.5. The van der Waals surface area contributed by atoms with E-state index < -0.39 is 0 Å². The van der Waals surface area contributed by atoms with Gasteiger partial charge in [-0.05, 0) is 23.6 Å². The third-order valence-electron chi connectivity index (χ3n) is 4.69. The zero-order chi connectivity index (χ0) is 19.8. The predicted octanol–water partition coefficient (Wildman–Crippen LogP) is 3.61. The average molecular weight is 375 g/mol. The Morgan fingerprint density at radius 2 is 1.57 bits per heavy atom. The topological polar surface area (TPSA) is 64.0 Å². The standard InChI is InChI=1S/C23H25N3O2/c1-2-3-16-26-22(27)15-14-21(25-26)23(28)24-17-20(18-10-6-4-7-11-18)19-12-8-5-9-13-19/h4-15,20H,2-3,16-17H2,1H3,(H,24,28). The number of hydrogen-bond donors (Lipinski definition) is 1. The molecule has 1 aromatic heterocycles. The lowest BCUT2D eigenvalue weighted by Crippen LogP contribution is -2.32. The van der Waals surface area contributed by atoms with Crippen LogP contribution in [0.15, 0.2) is 77.6 Å². The van der Waals surface area contributed by atoms with E-state index in [2.05, 4.69) is 41.6 Å². The number of aromatic nitrogens is 2. The van der Waals surface area contributed by atoms with Gasteiger partial charge in [-0.15, -0.1) is 0 Å². The van der Waals surface area contributed by atoms with Crippen molar-refractivity contribution in [1.29, 1.82) is 0 Å². The highest BCUT2D eigenvalue weighted by molar-refractivity contribution is 5.92. The summed E-state index contributed by atoms with van der Waals surface area (Å²) in [6, 6.07) is 23.1.